The van der Waals surface area contributed by atoms with E-state index in [2.05, 4.69) is 29.0 Å². The summed E-state index contributed by atoms with van der Waals surface area (Å²) in [6.07, 6.45) is 4.52. The van der Waals surface area contributed by atoms with Gasteiger partial charge in [-0.25, -0.2) is 0 Å². The van der Waals surface area contributed by atoms with Gasteiger partial charge in [0.05, 0.1) is 5.52 Å². The van der Waals surface area contributed by atoms with Crippen molar-refractivity contribution in [1.29, 1.82) is 0 Å². The monoisotopic (exact) mass is 414 g/mol. The molecule has 1 aromatic heterocycles. The topological polar surface area (TPSA) is 62.5 Å². The number of hydrogen-bond donors (Lipinski definition) is 1. The number of likely N-dealkylation sites (N-methyl/N-ethyl adjacent to an activating group) is 1. The number of nitrogen functional groups attached to an aromatic ring is 1. The Morgan fingerprint density at radius 2 is 1.87 bits per heavy atom. The molecular formula is C26H30N4O. The van der Waals surface area contributed by atoms with E-state index in [9.17, 15) is 4.79 Å². The van der Waals surface area contributed by atoms with Gasteiger partial charge in [-0.3, -0.25) is 9.78 Å². The van der Waals surface area contributed by atoms with Crippen LogP contribution in [-0.4, -0.2) is 48.9 Å². The number of rotatable bonds is 5. The summed E-state index contributed by atoms with van der Waals surface area (Å²) >= 11 is 0. The van der Waals surface area contributed by atoms with Crippen LogP contribution >= 0.6 is 0 Å². The number of aromatic nitrogens is 1. The van der Waals surface area contributed by atoms with Crippen LogP contribution in [0.5, 0.6) is 0 Å². The maximum absolute atomic E-state index is 13.0. The third kappa shape index (κ3) is 4.02. The van der Waals surface area contributed by atoms with Crippen molar-refractivity contribution in [3.63, 3.8) is 0 Å². The van der Waals surface area contributed by atoms with Crippen molar-refractivity contribution in [1.82, 2.24) is 9.88 Å². The predicted octanol–water partition coefficient (Wildman–Crippen LogP) is 4.18. The molecule has 2 aliphatic rings. The van der Waals surface area contributed by atoms with Crippen molar-refractivity contribution in [2.75, 3.05) is 43.9 Å². The Kier molecular flexibility index (Phi) is 5.14. The van der Waals surface area contributed by atoms with E-state index in [1.165, 1.54) is 24.1 Å². The molecule has 1 saturated heterocycles. The smallest absolute Gasteiger partial charge is 0.168 e. The molecule has 0 bridgehead atoms. The molecule has 5 rings (SSSR count). The van der Waals surface area contributed by atoms with Gasteiger partial charge in [0.2, 0.25) is 0 Å². The molecule has 2 N–H and O–H groups in total. The Morgan fingerprint density at radius 3 is 2.58 bits per heavy atom. The van der Waals surface area contributed by atoms with Crippen LogP contribution in [0.15, 0.2) is 42.6 Å². The molecule has 2 heterocycles. The maximum atomic E-state index is 13.0. The summed E-state index contributed by atoms with van der Waals surface area (Å²) in [5.74, 6) is 0.654. The first-order chi connectivity index (χ1) is 15.0. The Morgan fingerprint density at radius 1 is 1.10 bits per heavy atom. The van der Waals surface area contributed by atoms with Gasteiger partial charge in [-0.1, -0.05) is 18.2 Å². The first-order valence-electron chi connectivity index (χ1n) is 11.2. The molecule has 31 heavy (non-hydrogen) atoms. The zero-order valence-electron chi connectivity index (χ0n) is 18.4. The number of pyridine rings is 1. The van der Waals surface area contributed by atoms with Crippen molar-refractivity contribution < 1.29 is 4.79 Å². The van der Waals surface area contributed by atoms with Crippen LogP contribution in [0, 0.1) is 6.92 Å². The zero-order valence-corrected chi connectivity index (χ0v) is 18.4. The van der Waals surface area contributed by atoms with E-state index in [4.69, 9.17) is 10.7 Å². The van der Waals surface area contributed by atoms with Crippen LogP contribution in [0.2, 0.25) is 0 Å². The van der Waals surface area contributed by atoms with Gasteiger partial charge in [0.15, 0.2) is 5.78 Å². The van der Waals surface area contributed by atoms with Gasteiger partial charge in [-0.15, -0.1) is 0 Å². The minimum Gasteiger partial charge on any atom is -0.398 e. The minimum atomic E-state index is 0.0565. The Hall–Kier alpha value is -2.92. The Labute approximate surface area is 183 Å². The van der Waals surface area contributed by atoms with Crippen molar-refractivity contribution >= 4 is 28.1 Å². The quantitative estimate of drug-likeness (QED) is 0.501. The molecule has 1 aliphatic carbocycles. The number of nitrogens with zero attached hydrogens (tertiary/aromatic N) is 3. The van der Waals surface area contributed by atoms with Crippen LogP contribution in [0.25, 0.3) is 10.9 Å². The molecule has 5 nitrogen and oxygen atoms in total. The third-order valence-electron chi connectivity index (χ3n) is 6.67. The van der Waals surface area contributed by atoms with Gasteiger partial charge >= 0.3 is 0 Å². The van der Waals surface area contributed by atoms with E-state index in [0.29, 0.717) is 23.6 Å². The van der Waals surface area contributed by atoms with Gasteiger partial charge in [-0.2, -0.15) is 0 Å². The lowest BCUT2D eigenvalue weighted by Crippen LogP contribution is -2.44. The number of Topliss-reactive ketones (excluding diaryl/α,β-unsaturated/α-hetero) is 1. The van der Waals surface area contributed by atoms with Crippen molar-refractivity contribution in [3.05, 3.63) is 64.8 Å². The molecule has 0 amide bonds. The highest BCUT2D eigenvalue weighted by atomic mass is 16.1. The van der Waals surface area contributed by atoms with Crippen LogP contribution in [0.4, 0.5) is 11.4 Å². The normalized spacial score (nSPS) is 17.3. The number of ketones is 1. The van der Waals surface area contributed by atoms with Gasteiger partial charge in [0.25, 0.3) is 0 Å². The van der Waals surface area contributed by atoms with Crippen molar-refractivity contribution in [2.24, 2.45) is 0 Å². The van der Waals surface area contributed by atoms with Crippen molar-refractivity contribution in [3.8, 4) is 0 Å². The van der Waals surface area contributed by atoms with E-state index in [1.54, 1.807) is 6.20 Å². The fourth-order valence-electron chi connectivity index (χ4n) is 4.61. The summed E-state index contributed by atoms with van der Waals surface area (Å²) in [5.41, 5.74) is 13.2. The minimum absolute atomic E-state index is 0.0565. The molecule has 2 aromatic carbocycles. The van der Waals surface area contributed by atoms with Gasteiger partial charge < -0.3 is 15.5 Å². The number of aryl methyl sites for hydroxylation is 1. The lowest BCUT2D eigenvalue weighted by Gasteiger charge is -2.35. The average molecular weight is 415 g/mol. The molecule has 1 saturated carbocycles. The summed E-state index contributed by atoms with van der Waals surface area (Å²) in [6, 6.07) is 12.3. The molecule has 160 valence electrons. The van der Waals surface area contributed by atoms with Crippen LogP contribution in [0.3, 0.4) is 0 Å². The highest BCUT2D eigenvalue weighted by Gasteiger charge is 2.31. The molecule has 1 aliphatic heterocycles. The zero-order chi connectivity index (χ0) is 21.5. The van der Waals surface area contributed by atoms with Gasteiger partial charge in [-0.05, 0) is 62.1 Å². The summed E-state index contributed by atoms with van der Waals surface area (Å²) in [4.78, 5) is 22.7. The van der Waals surface area contributed by atoms with Crippen molar-refractivity contribution in [2.45, 2.75) is 32.1 Å². The van der Waals surface area contributed by atoms with Crippen LogP contribution < -0.4 is 10.6 Å². The predicted molar refractivity (Wildman–Crippen MR) is 127 cm³/mol. The van der Waals surface area contributed by atoms with Crippen LogP contribution in [0.1, 0.15) is 45.8 Å². The SMILES string of the molecule is Cc1ccc(CC(=O)c2cnc3c(C4CC4)c(N4CCN(C)CC4)ccc3c2)c(N)c1. The second kappa shape index (κ2) is 7.97. The van der Waals surface area contributed by atoms with E-state index in [0.717, 1.165) is 48.2 Å². The van der Waals surface area contributed by atoms with E-state index in [-0.39, 0.29) is 5.78 Å². The highest BCUT2D eigenvalue weighted by Crippen LogP contribution is 2.47. The van der Waals surface area contributed by atoms with Crippen LogP contribution in [-0.2, 0) is 6.42 Å². The Bertz CT molecular complexity index is 1140. The summed E-state index contributed by atoms with van der Waals surface area (Å²) in [7, 11) is 2.18. The summed E-state index contributed by atoms with van der Waals surface area (Å²) in [5, 5.41) is 1.06. The third-order valence-corrected chi connectivity index (χ3v) is 6.67. The molecule has 0 unspecified atom stereocenters. The number of fused-ring (bicyclic) bond motifs is 1. The molecule has 0 radical (unpaired) electrons. The number of piperazine rings is 1. The molecule has 0 atom stereocenters. The Balaban J connectivity index is 1.46. The van der Waals surface area contributed by atoms with E-state index < -0.39 is 0 Å². The average Bonchev–Trinajstić information content (AvgIpc) is 3.60. The molecule has 5 heteroatoms. The van der Waals surface area contributed by atoms with E-state index >= 15 is 0 Å². The fourth-order valence-corrected chi connectivity index (χ4v) is 4.61. The second-order valence-corrected chi connectivity index (χ2v) is 9.16. The lowest BCUT2D eigenvalue weighted by molar-refractivity contribution is 0.0993. The largest absolute Gasteiger partial charge is 0.398 e. The number of benzene rings is 2. The molecule has 3 aromatic rings. The maximum Gasteiger partial charge on any atom is 0.168 e. The number of hydrogen-bond acceptors (Lipinski definition) is 5. The lowest BCUT2D eigenvalue weighted by atomic mass is 9.98. The fraction of sp³-hybridized carbons (Fsp3) is 0.385. The number of nitrogens with two attached hydrogens (primary N) is 1. The molecule has 0 spiro atoms. The van der Waals surface area contributed by atoms with Gasteiger partial charge in [0.1, 0.15) is 0 Å². The molecule has 2 fully saturated rings. The molecular weight excluding hydrogens is 384 g/mol. The second-order valence-electron chi connectivity index (χ2n) is 9.16. The number of anilines is 2. The highest BCUT2D eigenvalue weighted by molar-refractivity contribution is 6.01. The van der Waals surface area contributed by atoms with E-state index in [1.807, 2.05) is 31.2 Å². The number of carbonyl (C=O) groups excluding carboxylic acids is 1. The summed E-state index contributed by atoms with van der Waals surface area (Å²) in [6.45, 7) is 6.28. The summed E-state index contributed by atoms with van der Waals surface area (Å²) < 4.78 is 0. The number of carbonyl (C=O) groups is 1. The first kappa shape index (κ1) is 20.0. The first-order valence-corrected chi connectivity index (χ1v) is 11.2. The van der Waals surface area contributed by atoms with Gasteiger partial charge in [0, 0.05) is 66.7 Å². The standard InChI is InChI=1S/C26H30N4O/c1-17-3-4-19(22(27)13-17)15-24(31)21-14-20-7-8-23(30-11-9-29(2)10-12-30)25(18-5-6-18)26(20)28-16-21/h3-4,7-8,13-14,16,18H,5-6,9-12,15,27H2,1-2H3.